The lowest BCUT2D eigenvalue weighted by atomic mass is 9.88. The number of thiocarbonyl (C=S) groups is 1. The number of nitriles is 1. The highest BCUT2D eigenvalue weighted by atomic mass is 32.1. The second-order valence-corrected chi connectivity index (χ2v) is 7.04. The van der Waals surface area contributed by atoms with Gasteiger partial charge in [-0.2, -0.15) is 18.4 Å². The number of amides is 1. The smallest absolute Gasteiger partial charge is 0.347 e. The van der Waals surface area contributed by atoms with Crippen LogP contribution in [-0.4, -0.2) is 16.6 Å². The summed E-state index contributed by atoms with van der Waals surface area (Å²) in [6.07, 6.45) is -4.27. The summed E-state index contributed by atoms with van der Waals surface area (Å²) < 4.78 is 53.1. The molecule has 1 atom stereocenters. The van der Waals surface area contributed by atoms with Gasteiger partial charge in [0.25, 0.3) is 5.91 Å². The number of hydrogen-bond acceptors (Lipinski definition) is 3. The molecule has 1 aliphatic heterocycles. The first-order valence-corrected chi connectivity index (χ1v) is 9.04. The maximum absolute atomic E-state index is 13.3. The zero-order valence-corrected chi connectivity index (χ0v) is 16.0. The van der Waals surface area contributed by atoms with Crippen molar-refractivity contribution < 1.29 is 22.4 Å². The summed E-state index contributed by atoms with van der Waals surface area (Å²) >= 11 is 5.24. The zero-order chi connectivity index (χ0) is 21.4. The molecule has 1 N–H and O–H groups in total. The number of halogens is 4. The van der Waals surface area contributed by atoms with Crippen molar-refractivity contribution in [1.82, 2.24) is 5.32 Å². The van der Waals surface area contributed by atoms with Crippen molar-refractivity contribution in [2.24, 2.45) is 0 Å². The normalized spacial score (nSPS) is 19.2. The highest BCUT2D eigenvalue weighted by Crippen LogP contribution is 2.36. The molecule has 1 saturated heterocycles. The predicted octanol–water partition coefficient (Wildman–Crippen LogP) is 4.33. The Balaban J connectivity index is 2.00. The number of anilines is 1. The van der Waals surface area contributed by atoms with E-state index < -0.39 is 34.6 Å². The number of alkyl halides is 3. The molecule has 3 rings (SSSR count). The van der Waals surface area contributed by atoms with Crippen LogP contribution in [0.4, 0.5) is 23.2 Å². The number of rotatable bonds is 4. The number of hydrogen-bond donors (Lipinski definition) is 1. The molecule has 1 aliphatic rings. The van der Waals surface area contributed by atoms with Crippen LogP contribution in [0.2, 0.25) is 0 Å². The molecule has 4 nitrogen and oxygen atoms in total. The molecule has 29 heavy (non-hydrogen) atoms. The van der Waals surface area contributed by atoms with Crippen LogP contribution in [0.15, 0.2) is 42.5 Å². The van der Waals surface area contributed by atoms with Crippen LogP contribution in [0.25, 0.3) is 0 Å². The minimum atomic E-state index is -4.76. The quantitative estimate of drug-likeness (QED) is 0.590. The summed E-state index contributed by atoms with van der Waals surface area (Å²) in [5.41, 5.74) is -2.25. The van der Waals surface area contributed by atoms with Gasteiger partial charge in [0.1, 0.15) is 11.4 Å². The van der Waals surface area contributed by atoms with Crippen LogP contribution in [0.5, 0.6) is 0 Å². The molecule has 0 aromatic heterocycles. The van der Waals surface area contributed by atoms with Crippen molar-refractivity contribution in [2.75, 3.05) is 4.90 Å². The molecular formula is C20H15F4N3OS. The molecule has 150 valence electrons. The fourth-order valence-electron chi connectivity index (χ4n) is 3.29. The topological polar surface area (TPSA) is 56.1 Å². The fraction of sp³-hybridized carbons (Fsp3) is 0.250. The van der Waals surface area contributed by atoms with Gasteiger partial charge in [0.05, 0.1) is 22.9 Å². The Morgan fingerprint density at radius 2 is 1.86 bits per heavy atom. The van der Waals surface area contributed by atoms with E-state index in [1.807, 2.05) is 0 Å². The van der Waals surface area contributed by atoms with Crippen LogP contribution in [-0.2, 0) is 17.4 Å². The summed E-state index contributed by atoms with van der Waals surface area (Å²) in [7, 11) is 0. The Morgan fingerprint density at radius 3 is 2.41 bits per heavy atom. The van der Waals surface area contributed by atoms with E-state index in [0.717, 1.165) is 17.0 Å². The minimum absolute atomic E-state index is 0.0307. The Bertz CT molecular complexity index is 1010. The first kappa shape index (κ1) is 20.7. The molecule has 0 spiro atoms. The number of nitrogens with zero attached hydrogens (tertiary/aromatic N) is 2. The fourth-order valence-corrected chi connectivity index (χ4v) is 3.68. The molecule has 1 fully saturated rings. The number of carbonyl (C=O) groups excluding carboxylic acids is 1. The monoisotopic (exact) mass is 421 g/mol. The van der Waals surface area contributed by atoms with Gasteiger partial charge in [0, 0.05) is 6.42 Å². The van der Waals surface area contributed by atoms with E-state index in [9.17, 15) is 22.4 Å². The summed E-state index contributed by atoms with van der Waals surface area (Å²) in [5, 5.41) is 11.9. The summed E-state index contributed by atoms with van der Waals surface area (Å²) in [4.78, 5) is 14.2. The van der Waals surface area contributed by atoms with E-state index in [1.165, 1.54) is 36.4 Å². The van der Waals surface area contributed by atoms with Gasteiger partial charge in [0.15, 0.2) is 5.11 Å². The van der Waals surface area contributed by atoms with Gasteiger partial charge in [-0.25, -0.2) is 4.39 Å². The van der Waals surface area contributed by atoms with Crippen LogP contribution < -0.4 is 10.2 Å². The second kappa shape index (κ2) is 7.44. The third-order valence-corrected chi connectivity index (χ3v) is 5.16. The van der Waals surface area contributed by atoms with Gasteiger partial charge in [0.2, 0.25) is 0 Å². The molecule has 1 heterocycles. The Hall–Kier alpha value is -2.99. The molecule has 9 heteroatoms. The van der Waals surface area contributed by atoms with E-state index in [0.29, 0.717) is 12.0 Å². The molecule has 0 saturated carbocycles. The molecule has 2 aromatic carbocycles. The highest BCUT2D eigenvalue weighted by Gasteiger charge is 2.49. The molecular weight excluding hydrogens is 406 g/mol. The van der Waals surface area contributed by atoms with Gasteiger partial charge in [-0.1, -0.05) is 19.1 Å². The van der Waals surface area contributed by atoms with Crippen molar-refractivity contribution in [3.05, 3.63) is 65.0 Å². The Morgan fingerprint density at radius 1 is 1.21 bits per heavy atom. The van der Waals surface area contributed by atoms with Crippen molar-refractivity contribution in [3.8, 4) is 6.07 Å². The lowest BCUT2D eigenvalue weighted by Crippen LogP contribution is -2.48. The van der Waals surface area contributed by atoms with Gasteiger partial charge < -0.3 is 5.32 Å². The molecule has 0 radical (unpaired) electrons. The summed E-state index contributed by atoms with van der Waals surface area (Å²) in [6.45, 7) is 1.75. The van der Waals surface area contributed by atoms with Crippen LogP contribution in [0.3, 0.4) is 0 Å². The first-order valence-electron chi connectivity index (χ1n) is 8.64. The van der Waals surface area contributed by atoms with Gasteiger partial charge in [-0.3, -0.25) is 9.69 Å². The van der Waals surface area contributed by atoms with Crippen molar-refractivity contribution in [1.29, 1.82) is 5.26 Å². The zero-order valence-electron chi connectivity index (χ0n) is 15.2. The maximum atomic E-state index is 13.3. The summed E-state index contributed by atoms with van der Waals surface area (Å²) in [6, 6.07) is 10.1. The van der Waals surface area contributed by atoms with E-state index >= 15 is 0 Å². The number of nitrogens with one attached hydrogen (secondary N) is 1. The van der Waals surface area contributed by atoms with Crippen molar-refractivity contribution in [2.45, 2.75) is 31.5 Å². The molecule has 2 aromatic rings. The molecule has 1 unspecified atom stereocenters. The Labute approximate surface area is 169 Å². The minimum Gasteiger partial charge on any atom is -0.347 e. The standard InChI is InChI=1S/C20H15F4N3OS/c1-2-19(10-12-3-6-14(21)7-4-12)17(28)27(18(29)26-19)15-8-5-13(11-25)16(9-15)20(22,23)24/h3-9H,2,10H2,1H3,(H,26,29). The maximum Gasteiger partial charge on any atom is 0.417 e. The lowest BCUT2D eigenvalue weighted by Gasteiger charge is -2.26. The van der Waals surface area contributed by atoms with E-state index in [2.05, 4.69) is 5.32 Å². The van der Waals surface area contributed by atoms with Crippen molar-refractivity contribution in [3.63, 3.8) is 0 Å². The second-order valence-electron chi connectivity index (χ2n) is 6.65. The van der Waals surface area contributed by atoms with Crippen molar-refractivity contribution >= 4 is 28.9 Å². The van der Waals surface area contributed by atoms with E-state index in [4.69, 9.17) is 17.5 Å². The lowest BCUT2D eigenvalue weighted by molar-refractivity contribution is -0.137. The molecule has 0 bridgehead atoms. The SMILES string of the molecule is CCC1(Cc2ccc(F)cc2)NC(=S)N(c2ccc(C#N)c(C(F)(F)F)c2)C1=O. The van der Waals surface area contributed by atoms with Gasteiger partial charge in [-0.05, 0) is 54.5 Å². The Kier molecular flexibility index (Phi) is 5.32. The van der Waals surface area contributed by atoms with Crippen LogP contribution >= 0.6 is 12.2 Å². The van der Waals surface area contributed by atoms with E-state index in [-0.39, 0.29) is 17.2 Å². The van der Waals surface area contributed by atoms with Gasteiger partial charge >= 0.3 is 6.18 Å². The molecule has 0 aliphatic carbocycles. The average Bonchev–Trinajstić information content (AvgIpc) is 2.92. The predicted molar refractivity (Wildman–Crippen MR) is 103 cm³/mol. The largest absolute Gasteiger partial charge is 0.417 e. The first-order chi connectivity index (χ1) is 13.6. The van der Waals surface area contributed by atoms with E-state index in [1.54, 1.807) is 6.92 Å². The summed E-state index contributed by atoms with van der Waals surface area (Å²) in [5.74, 6) is -0.924. The molecule has 1 amide bonds. The van der Waals surface area contributed by atoms with Crippen LogP contribution in [0.1, 0.15) is 30.0 Å². The number of carbonyl (C=O) groups is 1. The van der Waals surface area contributed by atoms with Crippen LogP contribution in [0, 0.1) is 17.1 Å². The van der Waals surface area contributed by atoms with Gasteiger partial charge in [-0.15, -0.1) is 0 Å². The third-order valence-electron chi connectivity index (χ3n) is 4.87. The number of benzene rings is 2. The average molecular weight is 421 g/mol. The highest BCUT2D eigenvalue weighted by molar-refractivity contribution is 7.80. The third kappa shape index (κ3) is 3.80.